The summed E-state index contributed by atoms with van der Waals surface area (Å²) >= 11 is 3.17. The Morgan fingerprint density at radius 3 is 2.61 bits per heavy atom. The highest BCUT2D eigenvalue weighted by Gasteiger charge is 2.17. The van der Waals surface area contributed by atoms with Gasteiger partial charge in [-0.05, 0) is 48.3 Å². The van der Waals surface area contributed by atoms with E-state index in [4.69, 9.17) is 0 Å². The molecular formula is C25H31N3OS2. The molecule has 1 atom stereocenters. The maximum absolute atomic E-state index is 12.8. The maximum Gasteiger partial charge on any atom is 0.319 e. The lowest BCUT2D eigenvalue weighted by Gasteiger charge is -2.21. The Kier molecular flexibility index (Phi) is 8.67. The first-order chi connectivity index (χ1) is 15.1. The van der Waals surface area contributed by atoms with E-state index in [1.807, 2.05) is 25.5 Å². The molecule has 0 saturated carbocycles. The molecule has 0 aliphatic carbocycles. The summed E-state index contributed by atoms with van der Waals surface area (Å²) in [6, 6.07) is 16.8. The van der Waals surface area contributed by atoms with E-state index >= 15 is 0 Å². The molecule has 0 aliphatic rings. The Morgan fingerprint density at radius 1 is 1.10 bits per heavy atom. The molecule has 0 aliphatic heterocycles. The topological polar surface area (TPSA) is 54.0 Å². The summed E-state index contributed by atoms with van der Waals surface area (Å²) in [5.74, 6) is 0.271. The van der Waals surface area contributed by atoms with Gasteiger partial charge in [-0.3, -0.25) is 0 Å². The van der Waals surface area contributed by atoms with Crippen molar-refractivity contribution < 1.29 is 4.79 Å². The van der Waals surface area contributed by atoms with Crippen LogP contribution in [0.4, 0.5) is 10.5 Å². The van der Waals surface area contributed by atoms with Crippen LogP contribution in [0.5, 0.6) is 0 Å². The van der Waals surface area contributed by atoms with Crippen LogP contribution in [0.15, 0.2) is 58.5 Å². The summed E-state index contributed by atoms with van der Waals surface area (Å²) in [5, 5.41) is 9.53. The molecule has 164 valence electrons. The molecule has 6 heteroatoms. The first-order valence-corrected chi connectivity index (χ1v) is 13.1. The standard InChI is InChI=1S/C25H31N3OS2/c1-5-6-10-19(21-14-9-12-18-11-7-8-13-20(18)21)16-26-25(29)28-23-22(30-3)15-17(2)27-24(23)31-4/h7-9,11-15,19H,5-6,10,16H2,1-4H3,(H2,26,28,29). The number of pyridine rings is 1. The minimum absolute atomic E-state index is 0.182. The predicted octanol–water partition coefficient (Wildman–Crippen LogP) is 7.08. The fourth-order valence-electron chi connectivity index (χ4n) is 3.84. The molecule has 1 heterocycles. The summed E-state index contributed by atoms with van der Waals surface area (Å²) < 4.78 is 0. The third-order valence-electron chi connectivity index (χ3n) is 5.41. The number of nitrogens with zero attached hydrogens (tertiary/aromatic N) is 1. The second-order valence-electron chi connectivity index (χ2n) is 7.59. The SMILES string of the molecule is CCCCC(CNC(=O)Nc1c(SC)cc(C)nc1SC)c1cccc2ccccc12. The van der Waals surface area contributed by atoms with Crippen molar-refractivity contribution in [1.29, 1.82) is 0 Å². The number of carbonyl (C=O) groups excluding carboxylic acids is 1. The number of carbonyl (C=O) groups is 1. The van der Waals surface area contributed by atoms with Gasteiger partial charge in [0.1, 0.15) is 5.03 Å². The van der Waals surface area contributed by atoms with Gasteiger partial charge in [0.25, 0.3) is 0 Å². The number of urea groups is 1. The van der Waals surface area contributed by atoms with Crippen molar-refractivity contribution in [3.05, 3.63) is 59.8 Å². The lowest BCUT2D eigenvalue weighted by atomic mass is 9.89. The quantitative estimate of drug-likeness (QED) is 0.340. The van der Waals surface area contributed by atoms with E-state index in [2.05, 4.69) is 65.0 Å². The lowest BCUT2D eigenvalue weighted by Crippen LogP contribution is -2.33. The molecule has 2 N–H and O–H groups in total. The highest BCUT2D eigenvalue weighted by Crippen LogP contribution is 2.34. The van der Waals surface area contributed by atoms with Crippen molar-refractivity contribution in [3.8, 4) is 0 Å². The van der Waals surface area contributed by atoms with Gasteiger partial charge in [0.2, 0.25) is 0 Å². The zero-order valence-corrected chi connectivity index (χ0v) is 20.3. The highest BCUT2D eigenvalue weighted by molar-refractivity contribution is 7.99. The van der Waals surface area contributed by atoms with E-state index in [1.54, 1.807) is 23.5 Å². The van der Waals surface area contributed by atoms with Crippen molar-refractivity contribution in [1.82, 2.24) is 10.3 Å². The van der Waals surface area contributed by atoms with Crippen molar-refractivity contribution in [2.75, 3.05) is 24.4 Å². The van der Waals surface area contributed by atoms with Crippen molar-refractivity contribution in [3.63, 3.8) is 0 Å². The van der Waals surface area contributed by atoms with Crippen LogP contribution in [0.25, 0.3) is 10.8 Å². The Bertz CT molecular complexity index is 1010. The van der Waals surface area contributed by atoms with Gasteiger partial charge in [-0.1, -0.05) is 62.2 Å². The molecule has 2 aromatic carbocycles. The molecule has 2 amide bonds. The molecule has 0 spiro atoms. The van der Waals surface area contributed by atoms with Gasteiger partial charge in [-0.25, -0.2) is 9.78 Å². The predicted molar refractivity (Wildman–Crippen MR) is 136 cm³/mol. The Morgan fingerprint density at radius 2 is 1.87 bits per heavy atom. The largest absolute Gasteiger partial charge is 0.337 e. The zero-order chi connectivity index (χ0) is 22.2. The maximum atomic E-state index is 12.8. The number of aromatic nitrogens is 1. The summed E-state index contributed by atoms with van der Waals surface area (Å²) in [4.78, 5) is 18.4. The number of hydrogen-bond acceptors (Lipinski definition) is 4. The van der Waals surface area contributed by atoms with Gasteiger partial charge >= 0.3 is 6.03 Å². The number of fused-ring (bicyclic) bond motifs is 1. The molecule has 0 saturated heterocycles. The van der Waals surface area contributed by atoms with Crippen LogP contribution >= 0.6 is 23.5 Å². The van der Waals surface area contributed by atoms with Gasteiger partial charge in [-0.15, -0.1) is 23.5 Å². The summed E-state index contributed by atoms with van der Waals surface area (Å²) in [7, 11) is 0. The van der Waals surface area contributed by atoms with Gasteiger partial charge in [0.05, 0.1) is 5.69 Å². The number of anilines is 1. The van der Waals surface area contributed by atoms with Crippen molar-refractivity contribution in [2.24, 2.45) is 0 Å². The molecule has 1 unspecified atom stereocenters. The van der Waals surface area contributed by atoms with E-state index in [-0.39, 0.29) is 11.9 Å². The van der Waals surface area contributed by atoms with Crippen LogP contribution in [0, 0.1) is 6.92 Å². The summed E-state index contributed by atoms with van der Waals surface area (Å²) in [5.41, 5.74) is 3.05. The Labute approximate surface area is 194 Å². The molecule has 0 fully saturated rings. The minimum atomic E-state index is -0.182. The van der Waals surface area contributed by atoms with Crippen LogP contribution in [0.3, 0.4) is 0 Å². The second kappa shape index (κ2) is 11.4. The van der Waals surface area contributed by atoms with Gasteiger partial charge in [0.15, 0.2) is 0 Å². The third kappa shape index (κ3) is 5.95. The van der Waals surface area contributed by atoms with Crippen LogP contribution in [-0.4, -0.2) is 30.1 Å². The third-order valence-corrected chi connectivity index (χ3v) is 6.85. The van der Waals surface area contributed by atoms with Crippen LogP contribution in [-0.2, 0) is 0 Å². The molecule has 31 heavy (non-hydrogen) atoms. The number of rotatable bonds is 9. The van der Waals surface area contributed by atoms with Crippen LogP contribution < -0.4 is 10.6 Å². The van der Waals surface area contributed by atoms with E-state index in [9.17, 15) is 4.79 Å². The number of thioether (sulfide) groups is 2. The van der Waals surface area contributed by atoms with Gasteiger partial charge in [-0.2, -0.15) is 0 Å². The number of benzene rings is 2. The van der Waals surface area contributed by atoms with Gasteiger partial charge in [0, 0.05) is 23.1 Å². The fourth-order valence-corrected chi connectivity index (χ4v) is 5.14. The smallest absolute Gasteiger partial charge is 0.319 e. The molecule has 3 rings (SSSR count). The number of nitrogens with one attached hydrogen (secondary N) is 2. The van der Waals surface area contributed by atoms with E-state index in [0.717, 1.165) is 40.6 Å². The molecule has 1 aromatic heterocycles. The first-order valence-electron chi connectivity index (χ1n) is 10.7. The summed E-state index contributed by atoms with van der Waals surface area (Å²) in [6.07, 6.45) is 7.31. The normalized spacial score (nSPS) is 12.0. The van der Waals surface area contributed by atoms with Gasteiger partial charge < -0.3 is 10.6 Å². The Hall–Kier alpha value is -2.18. The summed E-state index contributed by atoms with van der Waals surface area (Å²) in [6.45, 7) is 4.78. The number of amides is 2. The zero-order valence-electron chi connectivity index (χ0n) is 18.7. The molecule has 3 aromatic rings. The van der Waals surface area contributed by atoms with E-state index in [0.29, 0.717) is 6.54 Å². The Balaban J connectivity index is 1.78. The number of hydrogen-bond donors (Lipinski definition) is 2. The first kappa shape index (κ1) is 23.5. The van der Waals surface area contributed by atoms with Crippen LogP contribution in [0.2, 0.25) is 0 Å². The molecular weight excluding hydrogens is 422 g/mol. The number of aryl methyl sites for hydroxylation is 1. The molecule has 4 nitrogen and oxygen atoms in total. The monoisotopic (exact) mass is 453 g/mol. The van der Waals surface area contributed by atoms with E-state index < -0.39 is 0 Å². The number of unbranched alkanes of at least 4 members (excludes halogenated alkanes) is 1. The molecule has 0 radical (unpaired) electrons. The average molecular weight is 454 g/mol. The van der Waals surface area contributed by atoms with Crippen molar-refractivity contribution in [2.45, 2.75) is 48.9 Å². The molecule has 0 bridgehead atoms. The van der Waals surface area contributed by atoms with E-state index in [1.165, 1.54) is 16.3 Å². The van der Waals surface area contributed by atoms with Crippen molar-refractivity contribution >= 4 is 46.0 Å². The lowest BCUT2D eigenvalue weighted by molar-refractivity contribution is 0.251. The highest BCUT2D eigenvalue weighted by atomic mass is 32.2. The fraction of sp³-hybridized carbons (Fsp3) is 0.360. The average Bonchev–Trinajstić information content (AvgIpc) is 2.79. The second-order valence-corrected chi connectivity index (χ2v) is 9.24. The van der Waals surface area contributed by atoms with Crippen LogP contribution in [0.1, 0.15) is 43.4 Å². The minimum Gasteiger partial charge on any atom is -0.337 e.